The number of sulfonamides is 1. The van der Waals surface area contributed by atoms with E-state index in [1.807, 2.05) is 19.1 Å². The van der Waals surface area contributed by atoms with E-state index >= 15 is 0 Å². The first-order valence-corrected chi connectivity index (χ1v) is 8.39. The zero-order valence-electron chi connectivity index (χ0n) is 11.9. The summed E-state index contributed by atoms with van der Waals surface area (Å²) in [5.74, 6) is 0.00888. The highest BCUT2D eigenvalue weighted by Crippen LogP contribution is 2.35. The Morgan fingerprint density at radius 1 is 1.43 bits per heavy atom. The molecule has 0 saturated carbocycles. The fourth-order valence-electron chi connectivity index (χ4n) is 1.73. The van der Waals surface area contributed by atoms with Crippen molar-refractivity contribution in [3.05, 3.63) is 30.1 Å². The van der Waals surface area contributed by atoms with E-state index in [-0.39, 0.29) is 16.8 Å². The van der Waals surface area contributed by atoms with Crippen LogP contribution in [-0.4, -0.2) is 36.2 Å². The number of nitrogens with two attached hydrogens (primary N) is 1. The molecule has 0 spiro atoms. The maximum Gasteiger partial charge on any atom is 0.249 e. The number of nitrogens with zero attached hydrogens (tertiary/aromatic N) is 3. The monoisotopic (exact) mass is 327 g/mol. The smallest absolute Gasteiger partial charge is 0.249 e. The predicted octanol–water partition coefficient (Wildman–Crippen LogP) is 1.54. The minimum atomic E-state index is -3.64. The molecule has 1 atom stereocenters. The van der Waals surface area contributed by atoms with E-state index in [2.05, 4.69) is 14.7 Å². The summed E-state index contributed by atoms with van der Waals surface area (Å²) in [6, 6.07) is 3.62. The van der Waals surface area contributed by atoms with Crippen LogP contribution in [0.1, 0.15) is 18.5 Å². The first-order chi connectivity index (χ1) is 9.84. The van der Waals surface area contributed by atoms with Gasteiger partial charge >= 0.3 is 0 Å². The van der Waals surface area contributed by atoms with E-state index in [4.69, 9.17) is 5.73 Å². The van der Waals surface area contributed by atoms with Crippen molar-refractivity contribution in [1.29, 1.82) is 0 Å². The summed E-state index contributed by atoms with van der Waals surface area (Å²) in [6.45, 7) is 1.92. The molecule has 0 fully saturated rings. The summed E-state index contributed by atoms with van der Waals surface area (Å²) in [5, 5.41) is 3.57. The highest BCUT2D eigenvalue weighted by molar-refractivity contribution is 7.89. The lowest BCUT2D eigenvalue weighted by molar-refractivity contribution is 0.521. The molecule has 1 unspecified atom stereocenters. The minimum Gasteiger partial charge on any atom is -0.382 e. The van der Waals surface area contributed by atoms with Gasteiger partial charge < -0.3 is 11.1 Å². The highest BCUT2D eigenvalue weighted by atomic mass is 32.2. The summed E-state index contributed by atoms with van der Waals surface area (Å²) in [5.41, 5.74) is 6.66. The van der Waals surface area contributed by atoms with Gasteiger partial charge in [0.1, 0.15) is 5.00 Å². The second-order valence-corrected chi connectivity index (χ2v) is 7.53. The summed E-state index contributed by atoms with van der Waals surface area (Å²) in [6.07, 6.45) is 3.41. The molecule has 0 aromatic carbocycles. The van der Waals surface area contributed by atoms with E-state index in [1.165, 1.54) is 14.1 Å². The van der Waals surface area contributed by atoms with Gasteiger partial charge in [0.05, 0.1) is 6.04 Å². The van der Waals surface area contributed by atoms with E-state index in [0.717, 1.165) is 21.4 Å². The van der Waals surface area contributed by atoms with Crippen LogP contribution in [0, 0.1) is 0 Å². The van der Waals surface area contributed by atoms with Crippen molar-refractivity contribution in [1.82, 2.24) is 13.7 Å². The molecule has 9 heteroatoms. The molecule has 3 N–H and O–H groups in total. The molecule has 114 valence electrons. The van der Waals surface area contributed by atoms with Crippen LogP contribution in [0.15, 0.2) is 29.4 Å². The summed E-state index contributed by atoms with van der Waals surface area (Å²) >= 11 is 1.03. The first kappa shape index (κ1) is 15.7. The quantitative estimate of drug-likeness (QED) is 0.864. The standard InChI is InChI=1S/C12H17N5O2S2/c1-8(9-5-4-6-14-7-9)15-12-10(11(13)16-20-12)21(18,19)17(2)3/h4-8,15H,1-3H3,(H2,13,16). The molecule has 21 heavy (non-hydrogen) atoms. The molecule has 2 rings (SSSR count). The second kappa shape index (κ2) is 5.96. The van der Waals surface area contributed by atoms with Crippen molar-refractivity contribution in [2.24, 2.45) is 0 Å². The van der Waals surface area contributed by atoms with Crippen LogP contribution in [0.5, 0.6) is 0 Å². The Kier molecular flexibility index (Phi) is 4.45. The van der Waals surface area contributed by atoms with Crippen molar-refractivity contribution >= 4 is 32.4 Å². The Labute approximate surface area is 128 Å². The molecule has 0 bridgehead atoms. The molecule has 0 saturated heterocycles. The third-order valence-electron chi connectivity index (χ3n) is 2.94. The van der Waals surface area contributed by atoms with Gasteiger partial charge in [0.25, 0.3) is 0 Å². The Hall–Kier alpha value is -1.71. The third-order valence-corrected chi connectivity index (χ3v) is 5.76. The average Bonchev–Trinajstić information content (AvgIpc) is 2.81. The molecule has 2 aromatic heterocycles. The Morgan fingerprint density at radius 2 is 2.14 bits per heavy atom. The van der Waals surface area contributed by atoms with Crippen molar-refractivity contribution in [3.8, 4) is 0 Å². The van der Waals surface area contributed by atoms with Crippen molar-refractivity contribution in [2.45, 2.75) is 17.9 Å². The fraction of sp³-hybridized carbons (Fsp3) is 0.333. The number of anilines is 2. The Morgan fingerprint density at radius 3 is 2.71 bits per heavy atom. The number of hydrogen-bond donors (Lipinski definition) is 2. The molecule has 2 aromatic rings. The fourth-order valence-corrected chi connectivity index (χ4v) is 3.88. The van der Waals surface area contributed by atoms with Crippen LogP contribution in [0.4, 0.5) is 10.8 Å². The summed E-state index contributed by atoms with van der Waals surface area (Å²) in [4.78, 5) is 4.07. The van der Waals surface area contributed by atoms with Gasteiger partial charge in [-0.2, -0.15) is 4.37 Å². The van der Waals surface area contributed by atoms with E-state index in [0.29, 0.717) is 5.00 Å². The van der Waals surface area contributed by atoms with Crippen LogP contribution in [0.3, 0.4) is 0 Å². The van der Waals surface area contributed by atoms with Crippen LogP contribution in [0.2, 0.25) is 0 Å². The van der Waals surface area contributed by atoms with Gasteiger partial charge in [-0.25, -0.2) is 12.7 Å². The molecule has 7 nitrogen and oxygen atoms in total. The van der Waals surface area contributed by atoms with E-state index in [9.17, 15) is 8.42 Å². The second-order valence-electron chi connectivity index (χ2n) is 4.67. The summed E-state index contributed by atoms with van der Waals surface area (Å²) in [7, 11) is -0.726. The molecular formula is C12H17N5O2S2. The number of pyridine rings is 1. The average molecular weight is 327 g/mol. The predicted molar refractivity (Wildman–Crippen MR) is 83.7 cm³/mol. The molecule has 0 amide bonds. The zero-order valence-corrected chi connectivity index (χ0v) is 13.6. The lowest BCUT2D eigenvalue weighted by Crippen LogP contribution is -2.24. The molecule has 0 aliphatic heterocycles. The molecule has 0 radical (unpaired) electrons. The van der Waals surface area contributed by atoms with E-state index in [1.54, 1.807) is 12.4 Å². The van der Waals surface area contributed by atoms with Gasteiger partial charge in [-0.15, -0.1) is 0 Å². The van der Waals surface area contributed by atoms with Crippen LogP contribution in [-0.2, 0) is 10.0 Å². The van der Waals surface area contributed by atoms with Crippen LogP contribution in [0.25, 0.3) is 0 Å². The Bertz CT molecular complexity index is 713. The lowest BCUT2D eigenvalue weighted by atomic mass is 10.1. The van der Waals surface area contributed by atoms with Gasteiger partial charge in [-0.3, -0.25) is 4.98 Å². The van der Waals surface area contributed by atoms with Crippen LogP contribution >= 0.6 is 11.5 Å². The topological polar surface area (TPSA) is 101 Å². The SMILES string of the molecule is CC(Nc1snc(N)c1S(=O)(=O)N(C)C)c1cccnc1. The van der Waals surface area contributed by atoms with E-state index < -0.39 is 10.0 Å². The van der Waals surface area contributed by atoms with Gasteiger partial charge in [0.15, 0.2) is 10.7 Å². The number of rotatable bonds is 5. The molecular weight excluding hydrogens is 310 g/mol. The Balaban J connectivity index is 2.35. The van der Waals surface area contributed by atoms with Crippen molar-refractivity contribution < 1.29 is 8.42 Å². The maximum atomic E-state index is 12.3. The van der Waals surface area contributed by atoms with Crippen LogP contribution < -0.4 is 11.1 Å². The zero-order chi connectivity index (χ0) is 15.6. The molecule has 0 aliphatic carbocycles. The van der Waals surface area contributed by atoms with Crippen molar-refractivity contribution in [2.75, 3.05) is 25.1 Å². The number of nitrogens with one attached hydrogen (secondary N) is 1. The molecule has 0 aliphatic rings. The van der Waals surface area contributed by atoms with Gasteiger partial charge in [-0.05, 0) is 30.1 Å². The number of aromatic nitrogens is 2. The van der Waals surface area contributed by atoms with Gasteiger partial charge in [0, 0.05) is 26.5 Å². The summed E-state index contributed by atoms with van der Waals surface area (Å²) < 4.78 is 29.7. The normalized spacial score (nSPS) is 13.3. The highest BCUT2D eigenvalue weighted by Gasteiger charge is 2.28. The largest absolute Gasteiger partial charge is 0.382 e. The van der Waals surface area contributed by atoms with Gasteiger partial charge in [-0.1, -0.05) is 6.07 Å². The van der Waals surface area contributed by atoms with Crippen molar-refractivity contribution in [3.63, 3.8) is 0 Å². The lowest BCUT2D eigenvalue weighted by Gasteiger charge is -2.16. The number of hydrogen-bond acceptors (Lipinski definition) is 7. The maximum absolute atomic E-state index is 12.3. The van der Waals surface area contributed by atoms with Gasteiger partial charge in [0.2, 0.25) is 10.0 Å². The third kappa shape index (κ3) is 3.14. The molecule has 2 heterocycles. The number of nitrogen functional groups attached to an aromatic ring is 1. The minimum absolute atomic E-state index is 0.00888. The first-order valence-electron chi connectivity index (χ1n) is 6.18.